The quantitative estimate of drug-likeness (QED) is 0.842. The summed E-state index contributed by atoms with van der Waals surface area (Å²) in [5.41, 5.74) is 0.759. The van der Waals surface area contributed by atoms with E-state index in [0.717, 1.165) is 5.56 Å². The first-order valence-electron chi connectivity index (χ1n) is 6.66. The van der Waals surface area contributed by atoms with Gasteiger partial charge in [-0.05, 0) is 25.5 Å². The number of hydrogen-bond acceptors (Lipinski definition) is 4. The highest BCUT2D eigenvalue weighted by Crippen LogP contribution is 2.26. The van der Waals surface area contributed by atoms with Gasteiger partial charge in [0.15, 0.2) is 0 Å². The number of aromatic nitrogens is 2. The molecule has 1 amide bonds. The van der Waals surface area contributed by atoms with Crippen LogP contribution in [0.5, 0.6) is 5.75 Å². The SMILES string of the molecule is CC(C)Oc1cc(NC(=O)Cc2ccc(Cl)nc2)ncc1Cl. The minimum Gasteiger partial charge on any atom is -0.489 e. The topological polar surface area (TPSA) is 64.1 Å². The Kier molecular flexibility index (Phi) is 5.57. The molecule has 116 valence electrons. The number of ether oxygens (including phenoxy) is 1. The third-order valence-corrected chi connectivity index (χ3v) is 3.11. The molecule has 0 atom stereocenters. The minimum atomic E-state index is -0.213. The van der Waals surface area contributed by atoms with Gasteiger partial charge >= 0.3 is 0 Å². The maximum Gasteiger partial charge on any atom is 0.230 e. The van der Waals surface area contributed by atoms with E-state index in [1.54, 1.807) is 24.4 Å². The molecule has 0 saturated heterocycles. The van der Waals surface area contributed by atoms with Crippen LogP contribution in [-0.4, -0.2) is 22.0 Å². The molecule has 0 aliphatic carbocycles. The number of hydrogen-bond donors (Lipinski definition) is 1. The average molecular weight is 340 g/mol. The fraction of sp³-hybridized carbons (Fsp3) is 0.267. The molecule has 0 spiro atoms. The van der Waals surface area contributed by atoms with Gasteiger partial charge in [-0.2, -0.15) is 0 Å². The zero-order valence-electron chi connectivity index (χ0n) is 12.1. The Labute approximate surface area is 138 Å². The van der Waals surface area contributed by atoms with E-state index in [0.29, 0.717) is 21.7 Å². The fourth-order valence-corrected chi connectivity index (χ4v) is 1.98. The molecule has 2 aromatic heterocycles. The second-order valence-electron chi connectivity index (χ2n) is 4.88. The summed E-state index contributed by atoms with van der Waals surface area (Å²) in [6.45, 7) is 3.78. The van der Waals surface area contributed by atoms with E-state index in [4.69, 9.17) is 27.9 Å². The van der Waals surface area contributed by atoms with Crippen LogP contribution >= 0.6 is 23.2 Å². The van der Waals surface area contributed by atoms with Crippen molar-refractivity contribution in [2.75, 3.05) is 5.32 Å². The standard InChI is InChI=1S/C15H15Cl2N3O2/c1-9(2)22-12-6-14(19-8-11(12)16)20-15(21)5-10-3-4-13(17)18-7-10/h3-4,6-9H,5H2,1-2H3,(H,19,20,21). The maximum absolute atomic E-state index is 12.0. The number of nitrogens with one attached hydrogen (secondary N) is 1. The van der Waals surface area contributed by atoms with E-state index in [1.165, 1.54) is 6.20 Å². The van der Waals surface area contributed by atoms with Crippen LogP contribution in [-0.2, 0) is 11.2 Å². The molecule has 0 fully saturated rings. The number of carbonyl (C=O) groups is 1. The second kappa shape index (κ2) is 7.42. The van der Waals surface area contributed by atoms with Crippen LogP contribution in [0.15, 0.2) is 30.6 Å². The number of anilines is 1. The Balaban J connectivity index is 2.03. The predicted octanol–water partition coefficient (Wildman–Crippen LogP) is 3.75. The van der Waals surface area contributed by atoms with Gasteiger partial charge in [0.25, 0.3) is 0 Å². The number of carbonyl (C=O) groups excluding carboxylic acids is 1. The van der Waals surface area contributed by atoms with Crippen LogP contribution in [0.3, 0.4) is 0 Å². The molecule has 2 aromatic rings. The van der Waals surface area contributed by atoms with Crippen LogP contribution in [0.1, 0.15) is 19.4 Å². The van der Waals surface area contributed by atoms with Crippen molar-refractivity contribution in [1.82, 2.24) is 9.97 Å². The van der Waals surface area contributed by atoms with E-state index in [1.807, 2.05) is 13.8 Å². The Morgan fingerprint density at radius 2 is 2.05 bits per heavy atom. The van der Waals surface area contributed by atoms with Gasteiger partial charge in [0.05, 0.1) is 18.7 Å². The third kappa shape index (κ3) is 4.86. The van der Waals surface area contributed by atoms with Gasteiger partial charge < -0.3 is 10.1 Å². The summed E-state index contributed by atoms with van der Waals surface area (Å²) in [5.74, 6) is 0.650. The van der Waals surface area contributed by atoms with Crippen molar-refractivity contribution in [2.45, 2.75) is 26.4 Å². The van der Waals surface area contributed by atoms with Crippen LogP contribution in [0.2, 0.25) is 10.2 Å². The highest BCUT2D eigenvalue weighted by atomic mass is 35.5. The van der Waals surface area contributed by atoms with Gasteiger partial charge in [0, 0.05) is 12.3 Å². The highest BCUT2D eigenvalue weighted by Gasteiger charge is 2.10. The Hall–Kier alpha value is -1.85. The van der Waals surface area contributed by atoms with Gasteiger partial charge in [0.1, 0.15) is 21.7 Å². The van der Waals surface area contributed by atoms with Crippen molar-refractivity contribution in [3.63, 3.8) is 0 Å². The normalized spacial score (nSPS) is 10.6. The second-order valence-corrected chi connectivity index (χ2v) is 5.68. The molecule has 0 aliphatic rings. The van der Waals surface area contributed by atoms with Crippen molar-refractivity contribution in [1.29, 1.82) is 0 Å². The minimum absolute atomic E-state index is 0.0245. The first-order valence-corrected chi connectivity index (χ1v) is 7.42. The van der Waals surface area contributed by atoms with Gasteiger partial charge in [0.2, 0.25) is 5.91 Å². The smallest absolute Gasteiger partial charge is 0.230 e. The van der Waals surface area contributed by atoms with Crippen molar-refractivity contribution < 1.29 is 9.53 Å². The maximum atomic E-state index is 12.0. The molecule has 5 nitrogen and oxygen atoms in total. The first-order chi connectivity index (χ1) is 10.4. The molecule has 2 rings (SSSR count). The Morgan fingerprint density at radius 3 is 2.68 bits per heavy atom. The fourth-order valence-electron chi connectivity index (χ4n) is 1.72. The summed E-state index contributed by atoms with van der Waals surface area (Å²) in [6.07, 6.45) is 3.15. The Morgan fingerprint density at radius 1 is 1.27 bits per heavy atom. The van der Waals surface area contributed by atoms with E-state index in [-0.39, 0.29) is 18.4 Å². The molecule has 7 heteroatoms. The molecule has 0 saturated carbocycles. The van der Waals surface area contributed by atoms with E-state index < -0.39 is 0 Å². The first kappa shape index (κ1) is 16.5. The zero-order valence-corrected chi connectivity index (χ0v) is 13.6. The van der Waals surface area contributed by atoms with Crippen molar-refractivity contribution in [3.8, 4) is 5.75 Å². The summed E-state index contributed by atoms with van der Waals surface area (Å²) < 4.78 is 5.55. The molecule has 1 N–H and O–H groups in total. The molecule has 0 unspecified atom stereocenters. The number of rotatable bonds is 5. The molecule has 0 radical (unpaired) electrons. The van der Waals surface area contributed by atoms with Crippen LogP contribution in [0, 0.1) is 0 Å². The van der Waals surface area contributed by atoms with Crippen LogP contribution in [0.25, 0.3) is 0 Å². The highest BCUT2D eigenvalue weighted by molar-refractivity contribution is 6.32. The van der Waals surface area contributed by atoms with Crippen molar-refractivity contribution in [3.05, 3.63) is 46.3 Å². The summed E-state index contributed by atoms with van der Waals surface area (Å²) in [4.78, 5) is 20.0. The predicted molar refractivity (Wildman–Crippen MR) is 86.6 cm³/mol. The van der Waals surface area contributed by atoms with Crippen LogP contribution in [0.4, 0.5) is 5.82 Å². The molecular weight excluding hydrogens is 325 g/mol. The van der Waals surface area contributed by atoms with Crippen LogP contribution < -0.4 is 10.1 Å². The van der Waals surface area contributed by atoms with E-state index >= 15 is 0 Å². The number of amides is 1. The molecule has 0 aromatic carbocycles. The average Bonchev–Trinajstić information content (AvgIpc) is 2.44. The van der Waals surface area contributed by atoms with Crippen molar-refractivity contribution in [2.24, 2.45) is 0 Å². The molecule has 0 bridgehead atoms. The number of nitrogens with zero attached hydrogens (tertiary/aromatic N) is 2. The lowest BCUT2D eigenvalue weighted by atomic mass is 10.2. The van der Waals surface area contributed by atoms with E-state index in [2.05, 4.69) is 15.3 Å². The van der Waals surface area contributed by atoms with E-state index in [9.17, 15) is 4.79 Å². The number of halogens is 2. The summed E-state index contributed by atoms with van der Waals surface area (Å²) in [6, 6.07) is 4.98. The van der Waals surface area contributed by atoms with Gasteiger partial charge in [-0.15, -0.1) is 0 Å². The molecular formula is C15H15Cl2N3O2. The molecule has 2 heterocycles. The van der Waals surface area contributed by atoms with Gasteiger partial charge in [-0.3, -0.25) is 4.79 Å². The lowest BCUT2D eigenvalue weighted by Crippen LogP contribution is -2.16. The summed E-state index contributed by atoms with van der Waals surface area (Å²) >= 11 is 11.7. The molecule has 0 aliphatic heterocycles. The third-order valence-electron chi connectivity index (χ3n) is 2.60. The lowest BCUT2D eigenvalue weighted by molar-refractivity contribution is -0.115. The zero-order chi connectivity index (χ0) is 16.1. The molecule has 22 heavy (non-hydrogen) atoms. The lowest BCUT2D eigenvalue weighted by Gasteiger charge is -2.12. The van der Waals surface area contributed by atoms with Gasteiger partial charge in [-0.1, -0.05) is 29.3 Å². The summed E-state index contributed by atoms with van der Waals surface area (Å²) in [7, 11) is 0. The summed E-state index contributed by atoms with van der Waals surface area (Å²) in [5, 5.41) is 3.48. The van der Waals surface area contributed by atoms with Gasteiger partial charge in [-0.25, -0.2) is 9.97 Å². The largest absolute Gasteiger partial charge is 0.489 e. The Bertz CT molecular complexity index is 660. The monoisotopic (exact) mass is 339 g/mol. The van der Waals surface area contributed by atoms with Crippen molar-refractivity contribution >= 4 is 34.9 Å². The number of pyridine rings is 2.